The molecule has 106 valence electrons. The zero-order valence-electron chi connectivity index (χ0n) is 11.6. The Labute approximate surface area is 114 Å². The smallest absolute Gasteiger partial charge is 0.222 e. The van der Waals surface area contributed by atoms with Gasteiger partial charge in [0.05, 0.1) is 18.5 Å². The van der Waals surface area contributed by atoms with Gasteiger partial charge >= 0.3 is 0 Å². The number of nitrogens with zero attached hydrogens (tertiary/aromatic N) is 1. The van der Waals surface area contributed by atoms with Crippen molar-refractivity contribution in [1.82, 2.24) is 4.90 Å². The molecule has 1 amide bonds. The highest BCUT2D eigenvalue weighted by Gasteiger charge is 2.54. The molecule has 19 heavy (non-hydrogen) atoms. The molecule has 2 bridgehead atoms. The number of amides is 1. The van der Waals surface area contributed by atoms with Crippen molar-refractivity contribution in [2.24, 2.45) is 11.8 Å². The van der Waals surface area contributed by atoms with Crippen LogP contribution in [0.15, 0.2) is 0 Å². The van der Waals surface area contributed by atoms with Gasteiger partial charge in [0.25, 0.3) is 0 Å². The fourth-order valence-corrected chi connectivity index (χ4v) is 5.34. The first-order valence-electron chi connectivity index (χ1n) is 8.09. The second-order valence-corrected chi connectivity index (χ2v) is 7.04. The van der Waals surface area contributed by atoms with Crippen molar-refractivity contribution in [3.05, 3.63) is 0 Å². The van der Waals surface area contributed by atoms with E-state index in [0.29, 0.717) is 29.8 Å². The molecular weight excluding hydrogens is 240 g/mol. The number of fused-ring (bicyclic) bond motifs is 6. The molecule has 4 heterocycles. The Bertz CT molecular complexity index is 386. The number of carbonyl (C=O) groups excluding carboxylic acids is 1. The van der Waals surface area contributed by atoms with Gasteiger partial charge in [0.15, 0.2) is 6.23 Å². The molecule has 4 aliphatic rings. The Kier molecular flexibility index (Phi) is 2.85. The second-order valence-electron chi connectivity index (χ2n) is 7.04. The molecular formula is C15H25N2O2+. The van der Waals surface area contributed by atoms with E-state index < -0.39 is 0 Å². The lowest BCUT2D eigenvalue weighted by atomic mass is 9.70. The van der Waals surface area contributed by atoms with Crippen molar-refractivity contribution >= 4 is 5.91 Å². The summed E-state index contributed by atoms with van der Waals surface area (Å²) in [5.41, 5.74) is 0. The van der Waals surface area contributed by atoms with Gasteiger partial charge in [-0.2, -0.15) is 0 Å². The molecule has 0 aromatic carbocycles. The summed E-state index contributed by atoms with van der Waals surface area (Å²) in [6.07, 6.45) is 7.60. The topological polar surface area (TPSA) is 45.0 Å². The molecule has 4 rings (SSSR count). The quantitative estimate of drug-likeness (QED) is 0.636. The van der Waals surface area contributed by atoms with Crippen LogP contribution in [0.3, 0.4) is 0 Å². The summed E-state index contributed by atoms with van der Waals surface area (Å²) in [4.78, 5) is 15.7. The third kappa shape index (κ3) is 1.76. The lowest BCUT2D eigenvalue weighted by molar-refractivity contribution is -0.990. The number of piperidine rings is 4. The van der Waals surface area contributed by atoms with Crippen molar-refractivity contribution in [1.29, 1.82) is 0 Å². The van der Waals surface area contributed by atoms with Crippen LogP contribution >= 0.6 is 0 Å². The van der Waals surface area contributed by atoms with Crippen molar-refractivity contribution in [3.8, 4) is 0 Å². The van der Waals surface area contributed by atoms with Gasteiger partial charge in [-0.1, -0.05) is 0 Å². The largest absolute Gasteiger partial charge is 0.345 e. The molecule has 4 saturated heterocycles. The Morgan fingerprint density at radius 1 is 1.21 bits per heavy atom. The molecule has 4 nitrogen and oxygen atoms in total. The number of carbonyl (C=O) groups is 1. The van der Waals surface area contributed by atoms with Crippen LogP contribution in [0.4, 0.5) is 0 Å². The molecule has 4 fully saturated rings. The molecule has 2 unspecified atom stereocenters. The van der Waals surface area contributed by atoms with Crippen molar-refractivity contribution in [3.63, 3.8) is 0 Å². The maximum absolute atomic E-state index is 12.2. The Morgan fingerprint density at radius 2 is 2.11 bits per heavy atom. The summed E-state index contributed by atoms with van der Waals surface area (Å²) in [6.45, 7) is 2.11. The Balaban J connectivity index is 1.64. The summed E-state index contributed by atoms with van der Waals surface area (Å²) in [7, 11) is 0. The maximum Gasteiger partial charge on any atom is 0.222 e. The van der Waals surface area contributed by atoms with Gasteiger partial charge in [0.1, 0.15) is 0 Å². The van der Waals surface area contributed by atoms with E-state index in [1.165, 1.54) is 24.2 Å². The van der Waals surface area contributed by atoms with Crippen LogP contribution in [0.1, 0.15) is 44.9 Å². The van der Waals surface area contributed by atoms with Gasteiger partial charge in [-0.3, -0.25) is 4.79 Å². The van der Waals surface area contributed by atoms with Crippen LogP contribution in [0.5, 0.6) is 0 Å². The molecule has 0 aliphatic carbocycles. The first kappa shape index (κ1) is 12.2. The van der Waals surface area contributed by atoms with Crippen molar-refractivity contribution in [2.75, 3.05) is 13.1 Å². The van der Waals surface area contributed by atoms with Gasteiger partial charge < -0.3 is 14.9 Å². The first-order chi connectivity index (χ1) is 9.25. The second kappa shape index (κ2) is 4.45. The van der Waals surface area contributed by atoms with Gasteiger partial charge in [-0.25, -0.2) is 0 Å². The first-order valence-corrected chi connectivity index (χ1v) is 8.09. The minimum absolute atomic E-state index is 0.222. The summed E-state index contributed by atoms with van der Waals surface area (Å²) >= 11 is 0. The van der Waals surface area contributed by atoms with Crippen LogP contribution < -0.4 is 4.90 Å². The number of nitrogens with one attached hydrogen (secondary N) is 1. The maximum atomic E-state index is 12.2. The molecule has 4 aliphatic heterocycles. The lowest BCUT2D eigenvalue weighted by Crippen LogP contribution is -3.23. The summed E-state index contributed by atoms with van der Waals surface area (Å²) < 4.78 is 0. The zero-order valence-corrected chi connectivity index (χ0v) is 11.6. The average molecular weight is 265 g/mol. The molecule has 6 atom stereocenters. The third-order valence-electron chi connectivity index (χ3n) is 6.17. The fourth-order valence-electron chi connectivity index (χ4n) is 5.34. The highest BCUT2D eigenvalue weighted by atomic mass is 16.3. The van der Waals surface area contributed by atoms with Crippen molar-refractivity contribution in [2.45, 2.75) is 63.3 Å². The van der Waals surface area contributed by atoms with Crippen LogP contribution in [-0.2, 0) is 4.79 Å². The fraction of sp³-hybridized carbons (Fsp3) is 0.933. The normalized spacial score (nSPS) is 49.5. The zero-order chi connectivity index (χ0) is 13.0. The molecule has 4 heteroatoms. The minimum atomic E-state index is -0.222. The number of aliphatic hydroxyl groups is 1. The predicted octanol–water partition coefficient (Wildman–Crippen LogP) is -0.227. The van der Waals surface area contributed by atoms with E-state index >= 15 is 0 Å². The van der Waals surface area contributed by atoms with Gasteiger partial charge in [0, 0.05) is 31.3 Å². The molecule has 0 spiro atoms. The summed E-state index contributed by atoms with van der Waals surface area (Å²) in [6, 6.07) is 0.943. The Hall–Kier alpha value is -0.610. The molecule has 0 aromatic rings. The summed E-state index contributed by atoms with van der Waals surface area (Å²) in [5, 5.41) is 10.8. The highest BCUT2D eigenvalue weighted by Crippen LogP contribution is 2.39. The highest BCUT2D eigenvalue weighted by molar-refractivity contribution is 5.77. The molecule has 0 saturated carbocycles. The third-order valence-corrected chi connectivity index (χ3v) is 6.17. The predicted molar refractivity (Wildman–Crippen MR) is 70.4 cm³/mol. The van der Waals surface area contributed by atoms with Gasteiger partial charge in [-0.15, -0.1) is 0 Å². The minimum Gasteiger partial charge on any atom is -0.345 e. The van der Waals surface area contributed by atoms with Crippen molar-refractivity contribution < 1.29 is 14.8 Å². The SMILES string of the molecule is O=C1CCC[C@@H]2[C@H]3C[C@@H](CN12)[C@@H]1CCCC[NH+]1C3O. The van der Waals surface area contributed by atoms with E-state index in [2.05, 4.69) is 4.90 Å². The molecule has 2 N–H and O–H groups in total. The van der Waals surface area contributed by atoms with Crippen LogP contribution in [0.2, 0.25) is 0 Å². The lowest BCUT2D eigenvalue weighted by Gasteiger charge is -2.56. The van der Waals surface area contributed by atoms with Crippen LogP contribution in [-0.4, -0.2) is 47.3 Å². The van der Waals surface area contributed by atoms with Crippen LogP contribution in [0, 0.1) is 11.8 Å². The van der Waals surface area contributed by atoms with E-state index in [-0.39, 0.29) is 6.23 Å². The monoisotopic (exact) mass is 265 g/mol. The Morgan fingerprint density at radius 3 is 3.00 bits per heavy atom. The number of rotatable bonds is 0. The van der Waals surface area contributed by atoms with Crippen LogP contribution in [0.25, 0.3) is 0 Å². The van der Waals surface area contributed by atoms with E-state index in [1.54, 1.807) is 0 Å². The average Bonchev–Trinajstić information content (AvgIpc) is 2.45. The molecule has 0 radical (unpaired) electrons. The van der Waals surface area contributed by atoms with E-state index in [9.17, 15) is 9.90 Å². The van der Waals surface area contributed by atoms with E-state index in [1.807, 2.05) is 0 Å². The van der Waals surface area contributed by atoms with Gasteiger partial charge in [-0.05, 0) is 32.1 Å². The number of aliphatic hydroxyl groups excluding tert-OH is 1. The number of quaternary nitrogens is 1. The number of hydrogen-bond donors (Lipinski definition) is 2. The van der Waals surface area contributed by atoms with E-state index in [0.717, 1.165) is 38.8 Å². The standard InChI is InChI=1S/C15H24N2O2/c18-14-6-3-5-13-11-8-10(9-17(13)14)12-4-1-2-7-16(12)15(11)19/h10-13,15,19H,1-9H2/p+1/t10-,11+,12-,13+,15?/m0/s1. The summed E-state index contributed by atoms with van der Waals surface area (Å²) in [5.74, 6) is 1.33. The molecule has 0 aromatic heterocycles. The van der Waals surface area contributed by atoms with E-state index in [4.69, 9.17) is 0 Å². The van der Waals surface area contributed by atoms with Gasteiger partial charge in [0.2, 0.25) is 5.91 Å². The number of hydrogen-bond acceptors (Lipinski definition) is 2.